The molecule has 1 rings (SSSR count). The molecule has 0 radical (unpaired) electrons. The fourth-order valence-electron chi connectivity index (χ4n) is 1.66. The Morgan fingerprint density at radius 1 is 1.00 bits per heavy atom. The van der Waals surface area contributed by atoms with Gasteiger partial charge < -0.3 is 10.4 Å². The Bertz CT molecular complexity index is 445. The zero-order chi connectivity index (χ0) is 16.9. The van der Waals surface area contributed by atoms with E-state index in [1.807, 2.05) is 0 Å². The van der Waals surface area contributed by atoms with Gasteiger partial charge in [-0.1, -0.05) is 0 Å². The van der Waals surface area contributed by atoms with E-state index in [1.165, 1.54) is 5.32 Å². The number of amidine groups is 1. The first-order valence-electron chi connectivity index (χ1n) is 5.32. The molecule has 0 aromatic heterocycles. The Labute approximate surface area is 111 Å². The third-order valence-corrected chi connectivity index (χ3v) is 2.87. The molecule has 0 aromatic carbocycles. The van der Waals surface area contributed by atoms with Crippen LogP contribution in [0.5, 0.6) is 0 Å². The highest BCUT2D eigenvalue weighted by atomic mass is 19.4. The predicted octanol–water partition coefficient (Wildman–Crippen LogP) is 2.55. The minimum Gasteiger partial charge on any atom is -0.366 e. The van der Waals surface area contributed by atoms with Gasteiger partial charge in [-0.25, -0.2) is 0 Å². The van der Waals surface area contributed by atoms with Gasteiger partial charge in [0.05, 0.1) is 5.84 Å². The van der Waals surface area contributed by atoms with Crippen molar-refractivity contribution in [2.45, 2.75) is 43.0 Å². The Hall–Kier alpha value is -1.20. The van der Waals surface area contributed by atoms with E-state index in [0.29, 0.717) is 0 Å². The number of aliphatic imine (C=N–C) groups is 1. The molecule has 1 atom stereocenters. The molecule has 0 saturated carbocycles. The van der Waals surface area contributed by atoms with Gasteiger partial charge in [-0.15, -0.1) is 0 Å². The number of rotatable bonds is 3. The molecule has 1 heterocycles. The number of hydrogen-bond acceptors (Lipinski definition) is 3. The highest BCUT2D eigenvalue weighted by Gasteiger charge is 2.85. The van der Waals surface area contributed by atoms with Gasteiger partial charge >= 0.3 is 23.9 Å². The first-order valence-corrected chi connectivity index (χ1v) is 5.32. The summed E-state index contributed by atoms with van der Waals surface area (Å²) in [5.41, 5.74) is -3.99. The first-order chi connectivity index (χ1) is 9.10. The SMILES string of the molecule is CC1=NCCC(O)(C(F)(F)C(F)(F)C(F)(F)C(F)(F)F)N1. The normalized spacial score (nSPS) is 25.4. The Kier molecular flexibility index (Phi) is 3.95. The van der Waals surface area contributed by atoms with Crippen molar-refractivity contribution in [3.8, 4) is 0 Å². The Morgan fingerprint density at radius 2 is 1.48 bits per heavy atom. The standard InChI is InChI=1S/C9H9F9N2O/c1-4-19-3-2-5(21,20-4)6(10,11)7(12,13)8(14,15)9(16,17)18/h21H,2-3H2,1H3,(H,19,20). The van der Waals surface area contributed by atoms with E-state index in [4.69, 9.17) is 0 Å². The van der Waals surface area contributed by atoms with Crippen LogP contribution in [0.4, 0.5) is 39.5 Å². The summed E-state index contributed by atoms with van der Waals surface area (Å²) in [6.45, 7) is 0.291. The second-order valence-electron chi connectivity index (χ2n) is 4.42. The van der Waals surface area contributed by atoms with Crippen molar-refractivity contribution in [3.05, 3.63) is 0 Å². The molecule has 0 bridgehead atoms. The Morgan fingerprint density at radius 3 is 1.86 bits per heavy atom. The smallest absolute Gasteiger partial charge is 0.366 e. The Balaban J connectivity index is 3.31. The molecule has 1 aliphatic rings. The van der Waals surface area contributed by atoms with Gasteiger partial charge in [0, 0.05) is 13.0 Å². The second-order valence-corrected chi connectivity index (χ2v) is 4.42. The maximum absolute atomic E-state index is 13.6. The molecule has 0 aliphatic carbocycles. The van der Waals surface area contributed by atoms with Crippen LogP contribution in [-0.2, 0) is 0 Å². The summed E-state index contributed by atoms with van der Waals surface area (Å²) in [5.74, 6) is -20.5. The quantitative estimate of drug-likeness (QED) is 0.780. The van der Waals surface area contributed by atoms with Gasteiger partial charge in [0.15, 0.2) is 0 Å². The fraction of sp³-hybridized carbons (Fsp3) is 0.889. The van der Waals surface area contributed by atoms with Gasteiger partial charge in [0.25, 0.3) is 0 Å². The molecule has 124 valence electrons. The van der Waals surface area contributed by atoms with Crippen molar-refractivity contribution in [2.24, 2.45) is 4.99 Å². The summed E-state index contributed by atoms with van der Waals surface area (Å²) in [6, 6.07) is 0. The van der Waals surface area contributed by atoms with Gasteiger partial charge in [0.2, 0.25) is 5.72 Å². The molecule has 0 fully saturated rings. The fourth-order valence-corrected chi connectivity index (χ4v) is 1.66. The molecule has 0 amide bonds. The van der Waals surface area contributed by atoms with Gasteiger partial charge in [-0.2, -0.15) is 39.5 Å². The van der Waals surface area contributed by atoms with Crippen molar-refractivity contribution in [1.82, 2.24) is 5.32 Å². The predicted molar refractivity (Wildman–Crippen MR) is 51.6 cm³/mol. The zero-order valence-electron chi connectivity index (χ0n) is 10.2. The average Bonchev–Trinajstić information content (AvgIpc) is 2.26. The van der Waals surface area contributed by atoms with E-state index < -0.39 is 48.5 Å². The molecule has 0 aromatic rings. The number of nitrogens with zero attached hydrogens (tertiary/aromatic N) is 1. The van der Waals surface area contributed by atoms with Gasteiger partial charge in [-0.05, 0) is 6.92 Å². The molecular formula is C9H9F9N2O. The van der Waals surface area contributed by atoms with Crippen molar-refractivity contribution < 1.29 is 44.6 Å². The van der Waals surface area contributed by atoms with Crippen LogP contribution in [0.1, 0.15) is 13.3 Å². The van der Waals surface area contributed by atoms with Crippen LogP contribution < -0.4 is 5.32 Å². The van der Waals surface area contributed by atoms with Crippen molar-refractivity contribution in [2.75, 3.05) is 6.54 Å². The number of aliphatic hydroxyl groups is 1. The van der Waals surface area contributed by atoms with E-state index in [2.05, 4.69) is 4.99 Å². The monoisotopic (exact) mass is 332 g/mol. The van der Waals surface area contributed by atoms with Crippen LogP contribution in [0.15, 0.2) is 4.99 Å². The minimum absolute atomic E-state index is 0.505. The van der Waals surface area contributed by atoms with Crippen LogP contribution in [-0.4, -0.2) is 47.2 Å². The minimum atomic E-state index is -7.04. The zero-order valence-corrected chi connectivity index (χ0v) is 10.2. The molecule has 2 N–H and O–H groups in total. The van der Waals surface area contributed by atoms with Crippen LogP contribution >= 0.6 is 0 Å². The first kappa shape index (κ1) is 17.9. The largest absolute Gasteiger partial charge is 0.460 e. The van der Waals surface area contributed by atoms with Crippen LogP contribution in [0, 0.1) is 0 Å². The van der Waals surface area contributed by atoms with Crippen molar-refractivity contribution >= 4 is 5.84 Å². The van der Waals surface area contributed by atoms with E-state index in [-0.39, 0.29) is 0 Å². The van der Waals surface area contributed by atoms with Crippen LogP contribution in [0.25, 0.3) is 0 Å². The highest BCUT2D eigenvalue weighted by molar-refractivity contribution is 5.80. The number of nitrogens with one attached hydrogen (secondary N) is 1. The average molecular weight is 332 g/mol. The van der Waals surface area contributed by atoms with Crippen molar-refractivity contribution in [3.63, 3.8) is 0 Å². The summed E-state index contributed by atoms with van der Waals surface area (Å²) in [7, 11) is 0. The number of alkyl halides is 9. The molecule has 0 spiro atoms. The van der Waals surface area contributed by atoms with Crippen molar-refractivity contribution in [1.29, 1.82) is 0 Å². The maximum Gasteiger partial charge on any atom is 0.460 e. The third kappa shape index (κ3) is 2.42. The topological polar surface area (TPSA) is 44.6 Å². The van der Waals surface area contributed by atoms with E-state index in [9.17, 15) is 44.6 Å². The summed E-state index contributed by atoms with van der Waals surface area (Å²) in [4.78, 5) is 3.39. The highest BCUT2D eigenvalue weighted by Crippen LogP contribution is 2.56. The number of hydrogen-bond donors (Lipinski definition) is 2. The van der Waals surface area contributed by atoms with Gasteiger partial charge in [0.1, 0.15) is 0 Å². The lowest BCUT2D eigenvalue weighted by Gasteiger charge is -2.44. The van der Waals surface area contributed by atoms with Crippen LogP contribution in [0.2, 0.25) is 0 Å². The molecule has 1 aliphatic heterocycles. The van der Waals surface area contributed by atoms with E-state index in [0.717, 1.165) is 6.92 Å². The molecule has 0 saturated heterocycles. The maximum atomic E-state index is 13.6. The third-order valence-electron chi connectivity index (χ3n) is 2.87. The molecular weight excluding hydrogens is 323 g/mol. The lowest BCUT2D eigenvalue weighted by molar-refractivity contribution is -0.418. The summed E-state index contributed by atoms with van der Waals surface area (Å²) < 4.78 is 115. The number of halogens is 9. The molecule has 1 unspecified atom stereocenters. The molecule has 12 heteroatoms. The summed E-state index contributed by atoms with van der Waals surface area (Å²) >= 11 is 0. The summed E-state index contributed by atoms with van der Waals surface area (Å²) in [5, 5.41) is 10.7. The lowest BCUT2D eigenvalue weighted by atomic mass is 9.90. The molecule has 3 nitrogen and oxygen atoms in total. The summed E-state index contributed by atoms with van der Waals surface area (Å²) in [6.07, 6.45) is -8.20. The second kappa shape index (κ2) is 4.65. The lowest BCUT2D eigenvalue weighted by Crippen LogP contribution is -2.73. The van der Waals surface area contributed by atoms with E-state index in [1.54, 1.807) is 0 Å². The van der Waals surface area contributed by atoms with E-state index >= 15 is 0 Å². The van der Waals surface area contributed by atoms with Crippen LogP contribution in [0.3, 0.4) is 0 Å². The molecule has 21 heavy (non-hydrogen) atoms. The van der Waals surface area contributed by atoms with Gasteiger partial charge in [-0.3, -0.25) is 4.99 Å².